The summed E-state index contributed by atoms with van der Waals surface area (Å²) in [6.07, 6.45) is -1.80. The van der Waals surface area contributed by atoms with Gasteiger partial charge in [-0.05, 0) is 23.6 Å². The maximum Gasteiger partial charge on any atom is 0.416 e. The fraction of sp³-hybridized carbons (Fsp3) is 0.400. The molecule has 0 aliphatic heterocycles. The highest BCUT2D eigenvalue weighted by Crippen LogP contribution is 2.31. The first-order valence-corrected chi connectivity index (χ1v) is 6.81. The second-order valence-electron chi connectivity index (χ2n) is 5.17. The van der Waals surface area contributed by atoms with Crippen molar-refractivity contribution in [2.24, 2.45) is 11.7 Å². The van der Waals surface area contributed by atoms with Crippen LogP contribution in [0.3, 0.4) is 0 Å². The maximum absolute atomic E-state index is 12.5. The third-order valence-electron chi connectivity index (χ3n) is 3.69. The molecule has 0 spiro atoms. The SMILES string of the molecule is CCC(C)C(N)c1ncc(-c2ccc(C(F)(F)F)cc2)[nH]1. The van der Waals surface area contributed by atoms with Crippen LogP contribution in [0.2, 0.25) is 0 Å². The number of aromatic nitrogens is 2. The predicted octanol–water partition coefficient (Wildman–Crippen LogP) is 4.14. The molecule has 0 saturated carbocycles. The van der Waals surface area contributed by atoms with E-state index in [9.17, 15) is 13.2 Å². The van der Waals surface area contributed by atoms with Crippen molar-refractivity contribution in [3.63, 3.8) is 0 Å². The van der Waals surface area contributed by atoms with Crippen molar-refractivity contribution in [2.75, 3.05) is 0 Å². The van der Waals surface area contributed by atoms with E-state index in [1.807, 2.05) is 13.8 Å². The van der Waals surface area contributed by atoms with Gasteiger partial charge in [0.15, 0.2) is 0 Å². The Morgan fingerprint density at radius 1 is 1.24 bits per heavy atom. The summed E-state index contributed by atoms with van der Waals surface area (Å²) in [6.45, 7) is 4.08. The zero-order valence-electron chi connectivity index (χ0n) is 11.9. The third-order valence-corrected chi connectivity index (χ3v) is 3.69. The molecule has 0 amide bonds. The molecule has 2 rings (SSSR count). The van der Waals surface area contributed by atoms with Crippen LogP contribution in [0.5, 0.6) is 0 Å². The molecule has 0 saturated heterocycles. The average Bonchev–Trinajstić information content (AvgIpc) is 2.94. The molecule has 0 bridgehead atoms. The van der Waals surface area contributed by atoms with Crippen LogP contribution in [0, 0.1) is 5.92 Å². The molecule has 1 heterocycles. The molecule has 6 heteroatoms. The number of rotatable bonds is 4. The second kappa shape index (κ2) is 5.89. The van der Waals surface area contributed by atoms with E-state index < -0.39 is 11.7 Å². The largest absolute Gasteiger partial charge is 0.416 e. The fourth-order valence-electron chi connectivity index (χ4n) is 2.01. The maximum atomic E-state index is 12.5. The van der Waals surface area contributed by atoms with E-state index in [0.29, 0.717) is 17.1 Å². The smallest absolute Gasteiger partial charge is 0.341 e. The van der Waals surface area contributed by atoms with Crippen LogP contribution in [0.25, 0.3) is 11.3 Å². The molecule has 21 heavy (non-hydrogen) atoms. The summed E-state index contributed by atoms with van der Waals surface area (Å²) in [4.78, 5) is 7.32. The van der Waals surface area contributed by atoms with Gasteiger partial charge in [-0.3, -0.25) is 0 Å². The van der Waals surface area contributed by atoms with E-state index in [4.69, 9.17) is 5.73 Å². The molecule has 2 unspecified atom stereocenters. The topological polar surface area (TPSA) is 54.7 Å². The molecule has 2 aromatic rings. The van der Waals surface area contributed by atoms with Crippen molar-refractivity contribution in [3.8, 4) is 11.3 Å². The normalized spacial score (nSPS) is 15.0. The van der Waals surface area contributed by atoms with E-state index >= 15 is 0 Å². The zero-order valence-corrected chi connectivity index (χ0v) is 11.9. The Balaban J connectivity index is 2.22. The lowest BCUT2D eigenvalue weighted by Gasteiger charge is -2.15. The molecule has 1 aromatic heterocycles. The lowest BCUT2D eigenvalue weighted by molar-refractivity contribution is -0.137. The monoisotopic (exact) mass is 297 g/mol. The minimum absolute atomic E-state index is 0.210. The van der Waals surface area contributed by atoms with E-state index in [2.05, 4.69) is 9.97 Å². The first-order chi connectivity index (χ1) is 9.82. The molecule has 114 valence electrons. The number of imidazole rings is 1. The van der Waals surface area contributed by atoms with Crippen LogP contribution in [0.1, 0.15) is 37.7 Å². The first-order valence-electron chi connectivity index (χ1n) is 6.81. The van der Waals surface area contributed by atoms with Crippen molar-refractivity contribution in [3.05, 3.63) is 41.9 Å². The number of nitrogens with zero attached hydrogens (tertiary/aromatic N) is 1. The molecular formula is C15H18F3N3. The van der Waals surface area contributed by atoms with Gasteiger partial charge < -0.3 is 10.7 Å². The van der Waals surface area contributed by atoms with Crippen molar-refractivity contribution < 1.29 is 13.2 Å². The number of hydrogen-bond acceptors (Lipinski definition) is 2. The van der Waals surface area contributed by atoms with Crippen molar-refractivity contribution >= 4 is 0 Å². The predicted molar refractivity (Wildman–Crippen MR) is 75.4 cm³/mol. The molecule has 2 atom stereocenters. The van der Waals surface area contributed by atoms with E-state index in [1.54, 1.807) is 6.20 Å². The lowest BCUT2D eigenvalue weighted by Crippen LogP contribution is -2.19. The molecule has 0 aliphatic rings. The standard InChI is InChI=1S/C15H18F3N3/c1-3-9(2)13(19)14-20-8-12(21-14)10-4-6-11(7-5-10)15(16,17)18/h4-9,13H,3,19H2,1-2H3,(H,20,21). The Hall–Kier alpha value is -1.82. The molecule has 1 aromatic carbocycles. The summed E-state index contributed by atoms with van der Waals surface area (Å²) in [5.41, 5.74) is 6.73. The number of nitrogens with two attached hydrogens (primary N) is 1. The van der Waals surface area contributed by atoms with Crippen LogP contribution in [-0.4, -0.2) is 9.97 Å². The van der Waals surface area contributed by atoms with Gasteiger partial charge in [-0.1, -0.05) is 32.4 Å². The van der Waals surface area contributed by atoms with Gasteiger partial charge >= 0.3 is 6.18 Å². The highest BCUT2D eigenvalue weighted by molar-refractivity contribution is 5.59. The van der Waals surface area contributed by atoms with Gasteiger partial charge in [0, 0.05) is 0 Å². The Morgan fingerprint density at radius 3 is 2.38 bits per heavy atom. The minimum atomic E-state index is -4.32. The minimum Gasteiger partial charge on any atom is -0.341 e. The Labute approximate surface area is 121 Å². The highest BCUT2D eigenvalue weighted by atomic mass is 19.4. The van der Waals surface area contributed by atoms with Gasteiger partial charge in [0.1, 0.15) is 5.82 Å². The first kappa shape index (κ1) is 15.6. The van der Waals surface area contributed by atoms with Crippen LogP contribution in [0.15, 0.2) is 30.5 Å². The fourth-order valence-corrected chi connectivity index (χ4v) is 2.01. The number of hydrogen-bond donors (Lipinski definition) is 2. The van der Waals surface area contributed by atoms with Gasteiger partial charge in [0.2, 0.25) is 0 Å². The highest BCUT2D eigenvalue weighted by Gasteiger charge is 2.30. The van der Waals surface area contributed by atoms with E-state index in [-0.39, 0.29) is 12.0 Å². The molecule has 0 radical (unpaired) electrons. The lowest BCUT2D eigenvalue weighted by atomic mass is 10.00. The van der Waals surface area contributed by atoms with Crippen LogP contribution in [-0.2, 0) is 6.18 Å². The summed E-state index contributed by atoms with van der Waals surface area (Å²) in [5, 5.41) is 0. The molecule has 0 aliphatic carbocycles. The Bertz CT molecular complexity index is 587. The quantitative estimate of drug-likeness (QED) is 0.891. The molecule has 3 N–H and O–H groups in total. The second-order valence-corrected chi connectivity index (χ2v) is 5.17. The van der Waals surface area contributed by atoms with E-state index in [0.717, 1.165) is 18.6 Å². The summed E-state index contributed by atoms with van der Waals surface area (Å²) in [5.74, 6) is 0.927. The van der Waals surface area contributed by atoms with Gasteiger partial charge in [-0.25, -0.2) is 4.98 Å². The van der Waals surface area contributed by atoms with Crippen molar-refractivity contribution in [1.29, 1.82) is 0 Å². The number of nitrogens with one attached hydrogen (secondary N) is 1. The van der Waals surface area contributed by atoms with Gasteiger partial charge in [0.25, 0.3) is 0 Å². The molecular weight excluding hydrogens is 279 g/mol. The van der Waals surface area contributed by atoms with E-state index in [1.165, 1.54) is 12.1 Å². The van der Waals surface area contributed by atoms with Crippen LogP contribution < -0.4 is 5.73 Å². The number of halogens is 3. The van der Waals surface area contributed by atoms with Gasteiger partial charge in [-0.2, -0.15) is 13.2 Å². The summed E-state index contributed by atoms with van der Waals surface area (Å²) in [6, 6.07) is 4.76. The third kappa shape index (κ3) is 3.44. The zero-order chi connectivity index (χ0) is 15.6. The number of H-pyrrole nitrogens is 1. The van der Waals surface area contributed by atoms with Gasteiger partial charge in [0.05, 0.1) is 23.5 Å². The van der Waals surface area contributed by atoms with Gasteiger partial charge in [-0.15, -0.1) is 0 Å². The summed E-state index contributed by atoms with van der Waals surface area (Å²) >= 11 is 0. The Kier molecular flexibility index (Phi) is 4.37. The summed E-state index contributed by atoms with van der Waals surface area (Å²) in [7, 11) is 0. The van der Waals surface area contributed by atoms with Crippen molar-refractivity contribution in [2.45, 2.75) is 32.5 Å². The average molecular weight is 297 g/mol. The van der Waals surface area contributed by atoms with Crippen molar-refractivity contribution in [1.82, 2.24) is 9.97 Å². The van der Waals surface area contributed by atoms with Crippen LogP contribution >= 0.6 is 0 Å². The molecule has 3 nitrogen and oxygen atoms in total. The Morgan fingerprint density at radius 2 is 1.86 bits per heavy atom. The number of alkyl halides is 3. The number of aromatic amines is 1. The summed E-state index contributed by atoms with van der Waals surface area (Å²) < 4.78 is 37.6. The van der Waals surface area contributed by atoms with Crippen LogP contribution in [0.4, 0.5) is 13.2 Å². The molecule has 0 fully saturated rings. The number of benzene rings is 1.